The van der Waals surface area contributed by atoms with Crippen LogP contribution in [-0.2, 0) is 35.1 Å². The lowest BCUT2D eigenvalue weighted by Crippen LogP contribution is -2.54. The molecule has 2 amide bonds. The zero-order valence-corrected chi connectivity index (χ0v) is 22.9. The van der Waals surface area contributed by atoms with Crippen molar-refractivity contribution in [2.45, 2.75) is 104 Å². The van der Waals surface area contributed by atoms with E-state index in [1.165, 1.54) is 0 Å². The summed E-state index contributed by atoms with van der Waals surface area (Å²) in [6.07, 6.45) is 3.06. The third-order valence-corrected chi connectivity index (χ3v) is 5.99. The van der Waals surface area contributed by atoms with Gasteiger partial charge in [-0.25, -0.2) is 4.79 Å². The van der Waals surface area contributed by atoms with E-state index in [0.29, 0.717) is 25.6 Å². The van der Waals surface area contributed by atoms with Crippen molar-refractivity contribution in [3.8, 4) is 0 Å². The first kappa shape index (κ1) is 30.6. The van der Waals surface area contributed by atoms with E-state index in [-0.39, 0.29) is 13.0 Å². The quantitative estimate of drug-likeness (QED) is 0.275. The van der Waals surface area contributed by atoms with Gasteiger partial charge >= 0.3 is 12.1 Å². The number of carbonyl (C=O) groups excluding carboxylic acids is 3. The largest absolute Gasteiger partial charge is 0.460 e. The predicted octanol–water partition coefficient (Wildman–Crippen LogP) is 4.48. The van der Waals surface area contributed by atoms with Gasteiger partial charge < -0.3 is 29.6 Å². The molecule has 9 heteroatoms. The Balaban J connectivity index is 2.13. The number of esters is 1. The van der Waals surface area contributed by atoms with Crippen LogP contribution in [0.5, 0.6) is 0 Å². The second kappa shape index (κ2) is 15.6. The molecule has 2 N–H and O–H groups in total. The molecule has 37 heavy (non-hydrogen) atoms. The maximum absolute atomic E-state index is 13.5. The standard InChI is InChI=1S/C28H44N2O7/c1-6-34-26(35-7-2)23(18-24(31)37-28(3,4)5)29-25(32)22(17-20-13-11-12-14-20)30-27(33)36-19-21-15-9-8-10-16-21/h8-10,15-16,20,22-23,26H,6-7,11-14,17-19H2,1-5H3,(H,29,32)(H,30,33)/t22-,23-/m0/s1. The Labute approximate surface area is 220 Å². The van der Waals surface area contributed by atoms with E-state index in [0.717, 1.165) is 31.2 Å². The van der Waals surface area contributed by atoms with Gasteiger partial charge in [0, 0.05) is 13.2 Å². The van der Waals surface area contributed by atoms with Crippen LogP contribution in [0.2, 0.25) is 0 Å². The van der Waals surface area contributed by atoms with Crippen LogP contribution in [0.3, 0.4) is 0 Å². The number of benzene rings is 1. The van der Waals surface area contributed by atoms with Crippen LogP contribution in [0.15, 0.2) is 30.3 Å². The molecule has 0 unspecified atom stereocenters. The molecule has 1 aromatic carbocycles. The fourth-order valence-corrected chi connectivity index (χ4v) is 4.39. The molecule has 0 aromatic heterocycles. The van der Waals surface area contributed by atoms with Crippen LogP contribution in [0, 0.1) is 5.92 Å². The summed E-state index contributed by atoms with van der Waals surface area (Å²) in [4.78, 5) is 38.7. The lowest BCUT2D eigenvalue weighted by Gasteiger charge is -2.30. The van der Waals surface area contributed by atoms with Crippen LogP contribution in [0.4, 0.5) is 4.79 Å². The first-order chi connectivity index (χ1) is 17.6. The number of carbonyl (C=O) groups is 3. The number of nitrogens with one attached hydrogen (secondary N) is 2. The molecule has 0 heterocycles. The molecule has 0 spiro atoms. The van der Waals surface area contributed by atoms with Gasteiger partial charge in [-0.1, -0.05) is 56.0 Å². The highest BCUT2D eigenvalue weighted by Gasteiger charge is 2.33. The van der Waals surface area contributed by atoms with E-state index in [2.05, 4.69) is 10.6 Å². The Kier molecular flexibility index (Phi) is 12.9. The monoisotopic (exact) mass is 520 g/mol. The first-order valence-corrected chi connectivity index (χ1v) is 13.3. The van der Waals surface area contributed by atoms with Gasteiger partial charge in [0.05, 0.1) is 12.5 Å². The van der Waals surface area contributed by atoms with Crippen LogP contribution >= 0.6 is 0 Å². The number of alkyl carbamates (subject to hydrolysis) is 1. The third-order valence-electron chi connectivity index (χ3n) is 5.99. The van der Waals surface area contributed by atoms with E-state index < -0.39 is 41.9 Å². The summed E-state index contributed by atoms with van der Waals surface area (Å²) in [5.74, 6) is -0.574. The highest BCUT2D eigenvalue weighted by atomic mass is 16.7. The molecule has 1 aliphatic carbocycles. The summed E-state index contributed by atoms with van der Waals surface area (Å²) < 4.78 is 22.2. The number of hydrogen-bond donors (Lipinski definition) is 2. The molecule has 0 saturated heterocycles. The van der Waals surface area contributed by atoms with Gasteiger partial charge in [-0.05, 0) is 52.5 Å². The van der Waals surface area contributed by atoms with Crippen molar-refractivity contribution in [2.24, 2.45) is 5.92 Å². The SMILES string of the molecule is CCOC(OCC)[C@H](CC(=O)OC(C)(C)C)NC(=O)[C@H](CC1CCCC1)NC(=O)OCc1ccccc1. The fourth-order valence-electron chi connectivity index (χ4n) is 4.39. The maximum atomic E-state index is 13.5. The zero-order chi connectivity index (χ0) is 27.3. The van der Waals surface area contributed by atoms with Crippen molar-refractivity contribution in [2.75, 3.05) is 13.2 Å². The Bertz CT molecular complexity index is 829. The Morgan fingerprint density at radius 2 is 1.59 bits per heavy atom. The summed E-state index contributed by atoms with van der Waals surface area (Å²) in [6.45, 7) is 9.73. The Morgan fingerprint density at radius 3 is 2.16 bits per heavy atom. The third kappa shape index (κ3) is 12.0. The maximum Gasteiger partial charge on any atom is 0.408 e. The van der Waals surface area contributed by atoms with Gasteiger partial charge in [-0.15, -0.1) is 0 Å². The van der Waals surface area contributed by atoms with E-state index in [4.69, 9.17) is 18.9 Å². The summed E-state index contributed by atoms with van der Waals surface area (Å²) in [7, 11) is 0. The van der Waals surface area contributed by atoms with Crippen molar-refractivity contribution in [3.63, 3.8) is 0 Å². The van der Waals surface area contributed by atoms with Gasteiger partial charge in [0.15, 0.2) is 6.29 Å². The van der Waals surface area contributed by atoms with Crippen molar-refractivity contribution in [1.82, 2.24) is 10.6 Å². The minimum atomic E-state index is -0.844. The molecular formula is C28H44N2O7. The molecule has 2 rings (SSSR count). The molecule has 0 radical (unpaired) electrons. The second-order valence-corrected chi connectivity index (χ2v) is 10.3. The number of ether oxygens (including phenoxy) is 4. The van der Waals surface area contributed by atoms with E-state index >= 15 is 0 Å². The lowest BCUT2D eigenvalue weighted by atomic mass is 9.97. The van der Waals surface area contributed by atoms with Crippen LogP contribution < -0.4 is 10.6 Å². The lowest BCUT2D eigenvalue weighted by molar-refractivity contribution is -0.172. The van der Waals surface area contributed by atoms with Crippen molar-refractivity contribution < 1.29 is 33.3 Å². The summed E-state index contributed by atoms with van der Waals surface area (Å²) in [5, 5.41) is 5.64. The summed E-state index contributed by atoms with van der Waals surface area (Å²) >= 11 is 0. The average molecular weight is 521 g/mol. The smallest absolute Gasteiger partial charge is 0.408 e. The van der Waals surface area contributed by atoms with Crippen molar-refractivity contribution in [3.05, 3.63) is 35.9 Å². The molecule has 1 saturated carbocycles. The summed E-state index contributed by atoms with van der Waals surface area (Å²) in [5.41, 5.74) is 0.177. The topological polar surface area (TPSA) is 112 Å². The highest BCUT2D eigenvalue weighted by molar-refractivity contribution is 5.86. The minimum absolute atomic E-state index is 0.0997. The number of amides is 2. The van der Waals surface area contributed by atoms with Crippen molar-refractivity contribution in [1.29, 1.82) is 0 Å². The fraction of sp³-hybridized carbons (Fsp3) is 0.679. The average Bonchev–Trinajstić information content (AvgIpc) is 3.34. The number of hydrogen-bond acceptors (Lipinski definition) is 7. The molecule has 9 nitrogen and oxygen atoms in total. The molecule has 0 aliphatic heterocycles. The number of rotatable bonds is 14. The molecule has 1 aromatic rings. The minimum Gasteiger partial charge on any atom is -0.460 e. The molecule has 1 aliphatic rings. The Morgan fingerprint density at radius 1 is 0.973 bits per heavy atom. The van der Waals surface area contributed by atoms with Gasteiger partial charge in [-0.3, -0.25) is 9.59 Å². The predicted molar refractivity (Wildman–Crippen MR) is 140 cm³/mol. The van der Waals surface area contributed by atoms with E-state index in [1.54, 1.807) is 20.8 Å². The molecule has 1 fully saturated rings. The molecule has 0 bridgehead atoms. The van der Waals surface area contributed by atoms with Gasteiger partial charge in [0.25, 0.3) is 0 Å². The second-order valence-electron chi connectivity index (χ2n) is 10.3. The van der Waals surface area contributed by atoms with Crippen LogP contribution in [0.25, 0.3) is 0 Å². The highest BCUT2D eigenvalue weighted by Crippen LogP contribution is 2.29. The van der Waals surface area contributed by atoms with Gasteiger partial charge in [-0.2, -0.15) is 0 Å². The van der Waals surface area contributed by atoms with Crippen molar-refractivity contribution >= 4 is 18.0 Å². The molecule has 208 valence electrons. The summed E-state index contributed by atoms with van der Waals surface area (Å²) in [6, 6.07) is 7.72. The Hall–Kier alpha value is -2.65. The molecule has 2 atom stereocenters. The van der Waals surface area contributed by atoms with E-state index in [9.17, 15) is 14.4 Å². The van der Waals surface area contributed by atoms with Crippen LogP contribution in [0.1, 0.15) is 78.7 Å². The first-order valence-electron chi connectivity index (χ1n) is 13.3. The molecular weight excluding hydrogens is 476 g/mol. The van der Waals surface area contributed by atoms with Gasteiger partial charge in [0.2, 0.25) is 5.91 Å². The zero-order valence-electron chi connectivity index (χ0n) is 22.9. The van der Waals surface area contributed by atoms with Gasteiger partial charge in [0.1, 0.15) is 18.2 Å². The van der Waals surface area contributed by atoms with E-state index in [1.807, 2.05) is 44.2 Å². The van der Waals surface area contributed by atoms with Crippen LogP contribution in [-0.4, -0.2) is 55.2 Å². The normalized spacial score (nSPS) is 15.7.